The SMILES string of the molecule is CCCCc1ccc(N2CC(C(=O)N3CCC(CNC)CC3)CC2=O)cc1.Cl. The molecular formula is C22H34ClN3O2. The monoisotopic (exact) mass is 407 g/mol. The van der Waals surface area contributed by atoms with E-state index in [2.05, 4.69) is 24.4 Å². The molecule has 2 amide bonds. The molecule has 2 aliphatic rings. The van der Waals surface area contributed by atoms with Gasteiger partial charge in [0.15, 0.2) is 0 Å². The number of halogens is 1. The molecule has 2 heterocycles. The van der Waals surface area contributed by atoms with Crippen LogP contribution in [0.2, 0.25) is 0 Å². The first-order valence-electron chi connectivity index (χ1n) is 10.4. The Morgan fingerprint density at radius 2 is 1.86 bits per heavy atom. The van der Waals surface area contributed by atoms with Crippen LogP contribution in [0.3, 0.4) is 0 Å². The summed E-state index contributed by atoms with van der Waals surface area (Å²) in [6.07, 6.45) is 5.89. The molecule has 2 fully saturated rings. The maximum Gasteiger partial charge on any atom is 0.228 e. The first-order valence-corrected chi connectivity index (χ1v) is 10.4. The zero-order valence-electron chi connectivity index (χ0n) is 17.2. The van der Waals surface area contributed by atoms with Crippen LogP contribution in [0.4, 0.5) is 5.69 Å². The molecule has 5 nitrogen and oxygen atoms in total. The first-order chi connectivity index (χ1) is 13.1. The van der Waals surface area contributed by atoms with Crippen LogP contribution < -0.4 is 10.2 Å². The number of carbonyl (C=O) groups excluding carboxylic acids is 2. The summed E-state index contributed by atoms with van der Waals surface area (Å²) in [4.78, 5) is 29.2. The van der Waals surface area contributed by atoms with Crippen molar-refractivity contribution in [3.05, 3.63) is 29.8 Å². The molecule has 1 unspecified atom stereocenters. The summed E-state index contributed by atoms with van der Waals surface area (Å²) >= 11 is 0. The van der Waals surface area contributed by atoms with Crippen LogP contribution in [-0.4, -0.2) is 49.9 Å². The van der Waals surface area contributed by atoms with Gasteiger partial charge < -0.3 is 15.1 Å². The average Bonchev–Trinajstić information content (AvgIpc) is 3.09. The number of hydrogen-bond donors (Lipinski definition) is 1. The number of anilines is 1. The third-order valence-electron chi connectivity index (χ3n) is 5.96. The van der Waals surface area contributed by atoms with E-state index in [0.717, 1.165) is 44.6 Å². The summed E-state index contributed by atoms with van der Waals surface area (Å²) in [5.41, 5.74) is 2.23. The van der Waals surface area contributed by atoms with Crippen molar-refractivity contribution < 1.29 is 9.59 Å². The van der Waals surface area contributed by atoms with Gasteiger partial charge in [-0.05, 0) is 62.9 Å². The highest BCUT2D eigenvalue weighted by Crippen LogP contribution is 2.28. The predicted molar refractivity (Wildman–Crippen MR) is 116 cm³/mol. The molecule has 2 saturated heterocycles. The molecule has 1 aromatic carbocycles. The molecule has 0 bridgehead atoms. The van der Waals surface area contributed by atoms with E-state index < -0.39 is 0 Å². The smallest absolute Gasteiger partial charge is 0.228 e. The minimum Gasteiger partial charge on any atom is -0.342 e. The van der Waals surface area contributed by atoms with Gasteiger partial charge in [0.1, 0.15) is 0 Å². The molecule has 1 aromatic rings. The Kier molecular flexibility index (Phi) is 8.77. The molecule has 1 N–H and O–H groups in total. The standard InChI is InChI=1S/C22H33N3O2.ClH/c1-3-4-5-17-6-8-20(9-7-17)25-16-19(14-21(25)26)22(27)24-12-10-18(11-13-24)15-23-2;/h6-9,18-19,23H,3-5,10-16H2,1-2H3;1H. The maximum absolute atomic E-state index is 12.9. The fourth-order valence-electron chi connectivity index (χ4n) is 4.25. The van der Waals surface area contributed by atoms with Crippen molar-refractivity contribution in [3.8, 4) is 0 Å². The molecule has 0 spiro atoms. The highest BCUT2D eigenvalue weighted by atomic mass is 35.5. The molecule has 0 aromatic heterocycles. The van der Waals surface area contributed by atoms with E-state index in [-0.39, 0.29) is 30.1 Å². The number of benzene rings is 1. The molecule has 3 rings (SSSR count). The Hall–Kier alpha value is -1.59. The van der Waals surface area contributed by atoms with E-state index in [1.165, 1.54) is 18.4 Å². The number of unbranched alkanes of at least 4 members (excludes halogenated alkanes) is 1. The van der Waals surface area contributed by atoms with E-state index >= 15 is 0 Å². The van der Waals surface area contributed by atoms with E-state index in [9.17, 15) is 9.59 Å². The molecule has 6 heteroatoms. The number of carbonyl (C=O) groups is 2. The molecular weight excluding hydrogens is 374 g/mol. The topological polar surface area (TPSA) is 52.7 Å². The summed E-state index contributed by atoms with van der Waals surface area (Å²) in [7, 11) is 1.98. The van der Waals surface area contributed by atoms with Gasteiger partial charge in [-0.2, -0.15) is 0 Å². The fourth-order valence-corrected chi connectivity index (χ4v) is 4.25. The second kappa shape index (κ2) is 10.8. The lowest BCUT2D eigenvalue weighted by Gasteiger charge is -2.33. The van der Waals surface area contributed by atoms with Crippen molar-refractivity contribution in [1.82, 2.24) is 10.2 Å². The minimum absolute atomic E-state index is 0. The molecule has 0 radical (unpaired) electrons. The number of piperidine rings is 1. The Labute approximate surface area is 175 Å². The van der Waals surface area contributed by atoms with Gasteiger partial charge in [-0.25, -0.2) is 0 Å². The zero-order chi connectivity index (χ0) is 19.2. The third-order valence-corrected chi connectivity index (χ3v) is 5.96. The van der Waals surface area contributed by atoms with Gasteiger partial charge in [-0.15, -0.1) is 12.4 Å². The lowest BCUT2D eigenvalue weighted by molar-refractivity contribution is -0.137. The van der Waals surface area contributed by atoms with Gasteiger partial charge in [0.05, 0.1) is 5.92 Å². The molecule has 1 atom stereocenters. The van der Waals surface area contributed by atoms with Gasteiger partial charge >= 0.3 is 0 Å². The summed E-state index contributed by atoms with van der Waals surface area (Å²) in [6.45, 7) is 5.37. The van der Waals surface area contributed by atoms with Crippen molar-refractivity contribution in [2.24, 2.45) is 11.8 Å². The van der Waals surface area contributed by atoms with Crippen molar-refractivity contribution in [2.75, 3.05) is 38.1 Å². The number of aryl methyl sites for hydroxylation is 1. The van der Waals surface area contributed by atoms with Gasteiger partial charge in [0, 0.05) is 31.7 Å². The number of likely N-dealkylation sites (tertiary alicyclic amines) is 1. The van der Waals surface area contributed by atoms with Crippen LogP contribution in [0.1, 0.15) is 44.6 Å². The number of rotatable bonds is 7. The van der Waals surface area contributed by atoms with E-state index in [1.807, 2.05) is 24.1 Å². The number of nitrogens with one attached hydrogen (secondary N) is 1. The van der Waals surface area contributed by atoms with Crippen LogP contribution in [-0.2, 0) is 16.0 Å². The lowest BCUT2D eigenvalue weighted by atomic mass is 9.95. The molecule has 156 valence electrons. The largest absolute Gasteiger partial charge is 0.342 e. The lowest BCUT2D eigenvalue weighted by Crippen LogP contribution is -2.43. The highest BCUT2D eigenvalue weighted by Gasteiger charge is 2.38. The van der Waals surface area contributed by atoms with E-state index in [0.29, 0.717) is 18.9 Å². The van der Waals surface area contributed by atoms with Crippen LogP contribution in [0.5, 0.6) is 0 Å². The molecule has 0 saturated carbocycles. The minimum atomic E-state index is -0.196. The summed E-state index contributed by atoms with van der Waals surface area (Å²) in [5.74, 6) is 0.693. The summed E-state index contributed by atoms with van der Waals surface area (Å²) < 4.78 is 0. The summed E-state index contributed by atoms with van der Waals surface area (Å²) in [5, 5.41) is 3.23. The number of amides is 2. The average molecular weight is 408 g/mol. The summed E-state index contributed by atoms with van der Waals surface area (Å²) in [6, 6.07) is 8.28. The normalized spacial score (nSPS) is 20.4. The van der Waals surface area contributed by atoms with Crippen LogP contribution in [0.25, 0.3) is 0 Å². The second-order valence-electron chi connectivity index (χ2n) is 8.00. The van der Waals surface area contributed by atoms with Gasteiger partial charge in [-0.3, -0.25) is 9.59 Å². The van der Waals surface area contributed by atoms with E-state index in [4.69, 9.17) is 0 Å². The molecule has 0 aliphatic carbocycles. The van der Waals surface area contributed by atoms with Crippen LogP contribution in [0, 0.1) is 11.8 Å². The van der Waals surface area contributed by atoms with Crippen molar-refractivity contribution >= 4 is 29.9 Å². The van der Waals surface area contributed by atoms with E-state index in [1.54, 1.807) is 4.90 Å². The third kappa shape index (κ3) is 5.48. The van der Waals surface area contributed by atoms with Crippen molar-refractivity contribution in [3.63, 3.8) is 0 Å². The molecule has 28 heavy (non-hydrogen) atoms. The Bertz CT molecular complexity index is 642. The zero-order valence-corrected chi connectivity index (χ0v) is 18.0. The first kappa shape index (κ1) is 22.7. The quantitative estimate of drug-likeness (QED) is 0.754. The van der Waals surface area contributed by atoms with Crippen molar-refractivity contribution in [2.45, 2.75) is 45.4 Å². The maximum atomic E-state index is 12.9. The fraction of sp³-hybridized carbons (Fsp3) is 0.636. The highest BCUT2D eigenvalue weighted by molar-refractivity contribution is 6.00. The van der Waals surface area contributed by atoms with Gasteiger partial charge in [0.25, 0.3) is 0 Å². The van der Waals surface area contributed by atoms with Crippen LogP contribution >= 0.6 is 12.4 Å². The second-order valence-corrected chi connectivity index (χ2v) is 8.00. The number of hydrogen-bond acceptors (Lipinski definition) is 3. The molecule has 2 aliphatic heterocycles. The van der Waals surface area contributed by atoms with Gasteiger partial charge in [0.2, 0.25) is 11.8 Å². The number of nitrogens with zero attached hydrogens (tertiary/aromatic N) is 2. The Balaban J connectivity index is 0.00000280. The van der Waals surface area contributed by atoms with Crippen LogP contribution in [0.15, 0.2) is 24.3 Å². The Morgan fingerprint density at radius 1 is 1.18 bits per heavy atom. The van der Waals surface area contributed by atoms with Crippen molar-refractivity contribution in [1.29, 1.82) is 0 Å². The Morgan fingerprint density at radius 3 is 2.46 bits per heavy atom. The van der Waals surface area contributed by atoms with Gasteiger partial charge in [-0.1, -0.05) is 25.5 Å². The predicted octanol–water partition coefficient (Wildman–Crippen LogP) is 3.26.